The fourth-order valence-corrected chi connectivity index (χ4v) is 3.42. The fourth-order valence-electron chi connectivity index (χ4n) is 3.42. The Balaban J connectivity index is 1.74. The van der Waals surface area contributed by atoms with Crippen LogP contribution >= 0.6 is 0 Å². The molecule has 0 saturated heterocycles. The molecule has 1 N–H and O–H groups in total. The molecule has 0 atom stereocenters. The Kier molecular flexibility index (Phi) is 4.79. The van der Waals surface area contributed by atoms with Crippen molar-refractivity contribution in [2.24, 2.45) is 0 Å². The first-order valence-corrected chi connectivity index (χ1v) is 8.48. The van der Waals surface area contributed by atoms with Crippen LogP contribution in [0.2, 0.25) is 0 Å². The predicted molar refractivity (Wildman–Crippen MR) is 86.2 cm³/mol. The number of nitrogens with one attached hydrogen (secondary N) is 1. The molecule has 21 heavy (non-hydrogen) atoms. The van der Waals surface area contributed by atoms with Crippen molar-refractivity contribution in [1.29, 1.82) is 0 Å². The molecule has 0 amide bonds. The van der Waals surface area contributed by atoms with Gasteiger partial charge in [-0.25, -0.2) is 4.39 Å². The Hall–Kier alpha value is -1.09. The Labute approximate surface area is 127 Å². The van der Waals surface area contributed by atoms with Crippen LogP contribution in [0.25, 0.3) is 0 Å². The highest BCUT2D eigenvalue weighted by Crippen LogP contribution is 2.29. The molecule has 2 nitrogen and oxygen atoms in total. The number of hydrogen-bond donors (Lipinski definition) is 1. The molecule has 0 aromatic heterocycles. The van der Waals surface area contributed by atoms with Gasteiger partial charge in [-0.15, -0.1) is 0 Å². The number of nitrogens with zero attached hydrogens (tertiary/aromatic N) is 1. The largest absolute Gasteiger partial charge is 0.371 e. The summed E-state index contributed by atoms with van der Waals surface area (Å²) in [6.07, 6.45) is 10.4. The van der Waals surface area contributed by atoms with E-state index in [0.717, 1.165) is 12.1 Å². The molecule has 0 heterocycles. The molecule has 2 aliphatic rings. The smallest absolute Gasteiger partial charge is 0.123 e. The Morgan fingerprint density at radius 2 is 1.81 bits per heavy atom. The summed E-state index contributed by atoms with van der Waals surface area (Å²) >= 11 is 0. The van der Waals surface area contributed by atoms with Crippen molar-refractivity contribution in [3.8, 4) is 0 Å². The third-order valence-electron chi connectivity index (χ3n) is 4.95. The van der Waals surface area contributed by atoms with Crippen molar-refractivity contribution < 1.29 is 4.39 Å². The first-order valence-electron chi connectivity index (χ1n) is 8.48. The van der Waals surface area contributed by atoms with Crippen LogP contribution < -0.4 is 10.2 Å². The molecular weight excluding hydrogens is 263 g/mol. The topological polar surface area (TPSA) is 15.3 Å². The summed E-state index contributed by atoms with van der Waals surface area (Å²) in [5.41, 5.74) is 2.31. The van der Waals surface area contributed by atoms with Crippen LogP contribution in [0, 0.1) is 5.82 Å². The van der Waals surface area contributed by atoms with Gasteiger partial charge in [0.15, 0.2) is 0 Å². The third-order valence-corrected chi connectivity index (χ3v) is 4.95. The molecule has 0 unspecified atom stereocenters. The molecule has 3 heteroatoms. The second-order valence-corrected chi connectivity index (χ2v) is 6.68. The summed E-state index contributed by atoms with van der Waals surface area (Å²) in [7, 11) is 2.18. The van der Waals surface area contributed by atoms with Gasteiger partial charge in [-0.05, 0) is 49.4 Å². The third kappa shape index (κ3) is 3.97. The number of benzene rings is 1. The van der Waals surface area contributed by atoms with Crippen LogP contribution in [0.4, 0.5) is 10.1 Å². The first-order chi connectivity index (χ1) is 10.2. The minimum atomic E-state index is -0.124. The molecule has 1 aromatic rings. The zero-order chi connectivity index (χ0) is 14.7. The van der Waals surface area contributed by atoms with Gasteiger partial charge in [0, 0.05) is 31.4 Å². The van der Waals surface area contributed by atoms with Crippen molar-refractivity contribution >= 4 is 5.69 Å². The summed E-state index contributed by atoms with van der Waals surface area (Å²) in [5, 5.41) is 3.52. The standard InChI is InChI=1S/C18H27FN2/c1-21(17-6-4-2-3-5-7-17)18-11-8-15(19)12-14(18)13-20-16-9-10-16/h8,11-12,16-17,20H,2-7,9-10,13H2,1H3. The van der Waals surface area contributed by atoms with E-state index in [0.29, 0.717) is 12.1 Å². The zero-order valence-corrected chi connectivity index (χ0v) is 13.1. The maximum absolute atomic E-state index is 13.6. The van der Waals surface area contributed by atoms with Crippen LogP contribution in [-0.4, -0.2) is 19.1 Å². The molecule has 1 aromatic carbocycles. The second kappa shape index (κ2) is 6.78. The van der Waals surface area contributed by atoms with E-state index in [9.17, 15) is 4.39 Å². The molecular formula is C18H27FN2. The van der Waals surface area contributed by atoms with Gasteiger partial charge in [-0.2, -0.15) is 0 Å². The Morgan fingerprint density at radius 3 is 2.48 bits per heavy atom. The molecule has 2 aliphatic carbocycles. The van der Waals surface area contributed by atoms with Crippen molar-refractivity contribution in [3.63, 3.8) is 0 Å². The van der Waals surface area contributed by atoms with Gasteiger partial charge >= 0.3 is 0 Å². The molecule has 0 aliphatic heterocycles. The quantitative estimate of drug-likeness (QED) is 0.816. The van der Waals surface area contributed by atoms with Gasteiger partial charge in [-0.3, -0.25) is 0 Å². The van der Waals surface area contributed by atoms with E-state index in [1.807, 2.05) is 6.07 Å². The van der Waals surface area contributed by atoms with Gasteiger partial charge in [0.25, 0.3) is 0 Å². The van der Waals surface area contributed by atoms with Crippen molar-refractivity contribution in [2.75, 3.05) is 11.9 Å². The van der Waals surface area contributed by atoms with E-state index in [-0.39, 0.29) is 5.82 Å². The molecule has 2 saturated carbocycles. The van der Waals surface area contributed by atoms with Gasteiger partial charge < -0.3 is 10.2 Å². The molecule has 116 valence electrons. The summed E-state index contributed by atoms with van der Waals surface area (Å²) in [6.45, 7) is 0.787. The van der Waals surface area contributed by atoms with Crippen molar-refractivity contribution in [3.05, 3.63) is 29.6 Å². The van der Waals surface area contributed by atoms with E-state index >= 15 is 0 Å². The number of hydrogen-bond acceptors (Lipinski definition) is 2. The monoisotopic (exact) mass is 290 g/mol. The average molecular weight is 290 g/mol. The van der Waals surface area contributed by atoms with Crippen LogP contribution in [0.1, 0.15) is 56.9 Å². The maximum Gasteiger partial charge on any atom is 0.123 e. The van der Waals surface area contributed by atoms with E-state index < -0.39 is 0 Å². The van der Waals surface area contributed by atoms with Gasteiger partial charge in [-0.1, -0.05) is 25.7 Å². The SMILES string of the molecule is CN(c1ccc(F)cc1CNC1CC1)C1CCCCCC1. The lowest BCUT2D eigenvalue weighted by atomic mass is 10.0. The summed E-state index contributed by atoms with van der Waals surface area (Å²) in [6, 6.07) is 6.53. The van der Waals surface area contributed by atoms with Crippen molar-refractivity contribution in [1.82, 2.24) is 5.32 Å². The molecule has 0 radical (unpaired) electrons. The van der Waals surface area contributed by atoms with Gasteiger partial charge in [0.2, 0.25) is 0 Å². The normalized spacial score (nSPS) is 20.3. The highest BCUT2D eigenvalue weighted by molar-refractivity contribution is 5.54. The van der Waals surface area contributed by atoms with Crippen LogP contribution in [-0.2, 0) is 6.54 Å². The lowest BCUT2D eigenvalue weighted by molar-refractivity contribution is 0.549. The molecule has 0 bridgehead atoms. The predicted octanol–water partition coefficient (Wildman–Crippen LogP) is 4.24. The maximum atomic E-state index is 13.6. The van der Waals surface area contributed by atoms with E-state index in [2.05, 4.69) is 17.3 Å². The summed E-state index contributed by atoms with van der Waals surface area (Å²) in [5.74, 6) is -0.124. The summed E-state index contributed by atoms with van der Waals surface area (Å²) in [4.78, 5) is 2.40. The van der Waals surface area contributed by atoms with Crippen LogP contribution in [0.5, 0.6) is 0 Å². The minimum absolute atomic E-state index is 0.124. The van der Waals surface area contributed by atoms with E-state index in [1.165, 1.54) is 57.1 Å². The Bertz CT molecular complexity index is 462. The highest BCUT2D eigenvalue weighted by Gasteiger charge is 2.23. The highest BCUT2D eigenvalue weighted by atomic mass is 19.1. The average Bonchev–Trinajstić information content (AvgIpc) is 3.31. The van der Waals surface area contributed by atoms with Crippen molar-refractivity contribution in [2.45, 2.75) is 70.0 Å². The lowest BCUT2D eigenvalue weighted by Crippen LogP contribution is -2.32. The Morgan fingerprint density at radius 1 is 1.10 bits per heavy atom. The molecule has 3 rings (SSSR count). The first kappa shape index (κ1) is 14.8. The van der Waals surface area contributed by atoms with Crippen LogP contribution in [0.3, 0.4) is 0 Å². The molecule has 2 fully saturated rings. The number of halogens is 1. The lowest BCUT2D eigenvalue weighted by Gasteiger charge is -2.31. The summed E-state index contributed by atoms with van der Waals surface area (Å²) < 4.78 is 13.6. The van der Waals surface area contributed by atoms with E-state index in [4.69, 9.17) is 0 Å². The second-order valence-electron chi connectivity index (χ2n) is 6.68. The van der Waals surface area contributed by atoms with E-state index in [1.54, 1.807) is 12.1 Å². The van der Waals surface area contributed by atoms with Gasteiger partial charge in [0.1, 0.15) is 5.82 Å². The number of anilines is 1. The minimum Gasteiger partial charge on any atom is -0.371 e. The zero-order valence-electron chi connectivity index (χ0n) is 13.1. The number of rotatable bonds is 5. The molecule has 0 spiro atoms. The van der Waals surface area contributed by atoms with Crippen LogP contribution in [0.15, 0.2) is 18.2 Å². The fraction of sp³-hybridized carbons (Fsp3) is 0.667. The van der Waals surface area contributed by atoms with Gasteiger partial charge in [0.05, 0.1) is 0 Å².